The molecule has 0 spiro atoms. The first-order chi connectivity index (χ1) is 9.11. The molecule has 1 heterocycles. The molecule has 0 saturated carbocycles. The highest BCUT2D eigenvalue weighted by molar-refractivity contribution is 6.30. The van der Waals surface area contributed by atoms with E-state index in [1.165, 1.54) is 6.07 Å². The lowest BCUT2D eigenvalue weighted by Gasteiger charge is -2.29. The van der Waals surface area contributed by atoms with Crippen molar-refractivity contribution in [2.75, 3.05) is 26.7 Å². The van der Waals surface area contributed by atoms with Gasteiger partial charge >= 0.3 is 0 Å². The maximum atomic E-state index is 14.0. The number of ether oxygens (including phenoxy) is 1. The Bertz CT molecular complexity index is 424. The number of likely N-dealkylation sites (N-methyl/N-ethyl adjacent to an activating group) is 1. The summed E-state index contributed by atoms with van der Waals surface area (Å²) in [5, 5.41) is 0.402. The molecule has 0 amide bonds. The van der Waals surface area contributed by atoms with E-state index in [1.54, 1.807) is 12.1 Å². The van der Waals surface area contributed by atoms with E-state index in [1.807, 2.05) is 7.05 Å². The van der Waals surface area contributed by atoms with Crippen LogP contribution in [-0.2, 0) is 4.74 Å². The zero-order valence-electron chi connectivity index (χ0n) is 11.1. The van der Waals surface area contributed by atoms with Crippen LogP contribution in [0.15, 0.2) is 18.2 Å². The average Bonchev–Trinajstić information content (AvgIpc) is 2.85. The summed E-state index contributed by atoms with van der Waals surface area (Å²) >= 11 is 5.78. The lowest BCUT2D eigenvalue weighted by atomic mass is 10.0. The van der Waals surface area contributed by atoms with Crippen LogP contribution in [0.1, 0.15) is 24.4 Å². The fourth-order valence-electron chi connectivity index (χ4n) is 2.55. The molecule has 2 rings (SSSR count). The van der Waals surface area contributed by atoms with E-state index in [9.17, 15) is 4.39 Å². The molecule has 3 nitrogen and oxygen atoms in total. The molecule has 2 unspecified atom stereocenters. The summed E-state index contributed by atoms with van der Waals surface area (Å²) in [5.74, 6) is -0.304. The van der Waals surface area contributed by atoms with Crippen molar-refractivity contribution in [3.63, 3.8) is 0 Å². The summed E-state index contributed by atoms with van der Waals surface area (Å²) in [6.07, 6.45) is 2.39. The van der Waals surface area contributed by atoms with Crippen molar-refractivity contribution in [1.82, 2.24) is 4.90 Å². The monoisotopic (exact) mass is 286 g/mol. The molecule has 5 heteroatoms. The lowest BCUT2D eigenvalue weighted by molar-refractivity contribution is 0.0684. The molecular formula is C14H20ClFN2O. The van der Waals surface area contributed by atoms with Crippen molar-refractivity contribution in [2.24, 2.45) is 5.73 Å². The fraction of sp³-hybridized carbons (Fsp3) is 0.571. The number of benzene rings is 1. The molecule has 0 bridgehead atoms. The number of nitrogens with two attached hydrogens (primary N) is 1. The normalized spacial score (nSPS) is 21.0. The third kappa shape index (κ3) is 3.66. The third-order valence-corrected chi connectivity index (χ3v) is 3.83. The van der Waals surface area contributed by atoms with Gasteiger partial charge in [0, 0.05) is 36.3 Å². The van der Waals surface area contributed by atoms with Crippen molar-refractivity contribution in [3.05, 3.63) is 34.6 Å². The number of halogens is 2. The van der Waals surface area contributed by atoms with Crippen LogP contribution in [0.5, 0.6) is 0 Å². The van der Waals surface area contributed by atoms with Crippen molar-refractivity contribution in [3.8, 4) is 0 Å². The lowest BCUT2D eigenvalue weighted by Crippen LogP contribution is -2.36. The van der Waals surface area contributed by atoms with Gasteiger partial charge in [-0.25, -0.2) is 4.39 Å². The number of hydrogen-bond donors (Lipinski definition) is 1. The molecule has 0 aromatic heterocycles. The van der Waals surface area contributed by atoms with E-state index in [4.69, 9.17) is 22.1 Å². The topological polar surface area (TPSA) is 38.5 Å². The predicted molar refractivity (Wildman–Crippen MR) is 74.8 cm³/mol. The molecule has 1 aliphatic heterocycles. The molecule has 2 N–H and O–H groups in total. The second kappa shape index (κ2) is 6.66. The van der Waals surface area contributed by atoms with Gasteiger partial charge in [-0.15, -0.1) is 0 Å². The Kier molecular flexibility index (Phi) is 5.16. The van der Waals surface area contributed by atoms with E-state index in [0.717, 1.165) is 26.0 Å². The number of hydrogen-bond acceptors (Lipinski definition) is 3. The van der Waals surface area contributed by atoms with Crippen LogP contribution < -0.4 is 5.73 Å². The van der Waals surface area contributed by atoms with Crippen molar-refractivity contribution >= 4 is 11.6 Å². The Morgan fingerprint density at radius 1 is 1.58 bits per heavy atom. The molecule has 1 saturated heterocycles. The van der Waals surface area contributed by atoms with Crippen molar-refractivity contribution in [1.29, 1.82) is 0 Å². The molecule has 1 aromatic rings. The first-order valence-electron chi connectivity index (χ1n) is 6.58. The summed E-state index contributed by atoms with van der Waals surface area (Å²) in [7, 11) is 1.95. The van der Waals surface area contributed by atoms with Crippen LogP contribution in [-0.4, -0.2) is 37.7 Å². The molecular weight excluding hydrogens is 267 g/mol. The summed E-state index contributed by atoms with van der Waals surface area (Å²) in [4.78, 5) is 2.06. The Labute approximate surface area is 118 Å². The predicted octanol–water partition coefficient (Wildman–Crippen LogP) is 2.59. The summed E-state index contributed by atoms with van der Waals surface area (Å²) in [6.45, 7) is 1.95. The van der Waals surface area contributed by atoms with Crippen molar-refractivity contribution in [2.45, 2.75) is 25.0 Å². The minimum atomic E-state index is -0.304. The van der Waals surface area contributed by atoms with Gasteiger partial charge in [0.2, 0.25) is 0 Å². The maximum absolute atomic E-state index is 14.0. The molecule has 0 aliphatic carbocycles. The second-order valence-corrected chi connectivity index (χ2v) is 5.43. The van der Waals surface area contributed by atoms with Crippen LogP contribution in [0.25, 0.3) is 0 Å². The zero-order chi connectivity index (χ0) is 13.8. The quantitative estimate of drug-likeness (QED) is 0.904. The van der Waals surface area contributed by atoms with Gasteiger partial charge in [0.25, 0.3) is 0 Å². The van der Waals surface area contributed by atoms with Gasteiger partial charge in [-0.1, -0.05) is 17.7 Å². The molecule has 1 aliphatic rings. The van der Waals surface area contributed by atoms with Gasteiger partial charge in [0.1, 0.15) is 5.82 Å². The Morgan fingerprint density at radius 3 is 2.95 bits per heavy atom. The van der Waals surface area contributed by atoms with Crippen LogP contribution in [0.3, 0.4) is 0 Å². The minimum absolute atomic E-state index is 0.151. The number of rotatable bonds is 5. The smallest absolute Gasteiger partial charge is 0.129 e. The van der Waals surface area contributed by atoms with Crippen LogP contribution >= 0.6 is 11.6 Å². The molecule has 2 atom stereocenters. The SMILES string of the molecule is CN(CC1CCCO1)C(CN)c1ccc(Cl)cc1F. The van der Waals surface area contributed by atoms with E-state index >= 15 is 0 Å². The fourth-order valence-corrected chi connectivity index (χ4v) is 2.71. The highest BCUT2D eigenvalue weighted by Crippen LogP contribution is 2.25. The van der Waals surface area contributed by atoms with Crippen LogP contribution in [0, 0.1) is 5.82 Å². The van der Waals surface area contributed by atoms with E-state index in [0.29, 0.717) is 17.1 Å². The van der Waals surface area contributed by atoms with Crippen LogP contribution in [0.4, 0.5) is 4.39 Å². The first kappa shape index (κ1) is 14.7. The Balaban J connectivity index is 2.09. The van der Waals surface area contributed by atoms with Gasteiger partial charge in [-0.3, -0.25) is 4.90 Å². The Morgan fingerprint density at radius 2 is 2.37 bits per heavy atom. The first-order valence-corrected chi connectivity index (χ1v) is 6.96. The molecule has 19 heavy (non-hydrogen) atoms. The van der Waals surface area contributed by atoms with Gasteiger partial charge in [0.05, 0.1) is 6.10 Å². The molecule has 0 radical (unpaired) electrons. The van der Waals surface area contributed by atoms with E-state index < -0.39 is 0 Å². The van der Waals surface area contributed by atoms with Gasteiger partial charge in [-0.05, 0) is 32.0 Å². The zero-order valence-corrected chi connectivity index (χ0v) is 11.9. The Hall–Kier alpha value is -0.680. The summed E-state index contributed by atoms with van der Waals surface area (Å²) in [6, 6.07) is 4.59. The number of nitrogens with zero attached hydrogens (tertiary/aromatic N) is 1. The largest absolute Gasteiger partial charge is 0.377 e. The molecule has 1 aromatic carbocycles. The van der Waals surface area contributed by atoms with E-state index in [-0.39, 0.29) is 18.0 Å². The third-order valence-electron chi connectivity index (χ3n) is 3.59. The maximum Gasteiger partial charge on any atom is 0.129 e. The highest BCUT2D eigenvalue weighted by Gasteiger charge is 2.24. The van der Waals surface area contributed by atoms with E-state index in [2.05, 4.69) is 4.90 Å². The van der Waals surface area contributed by atoms with Gasteiger partial charge in [0.15, 0.2) is 0 Å². The summed E-state index contributed by atoms with van der Waals surface area (Å²) in [5.41, 5.74) is 6.39. The van der Waals surface area contributed by atoms with Crippen LogP contribution in [0.2, 0.25) is 5.02 Å². The van der Waals surface area contributed by atoms with Gasteiger partial charge in [-0.2, -0.15) is 0 Å². The second-order valence-electron chi connectivity index (χ2n) is 4.99. The van der Waals surface area contributed by atoms with Crippen molar-refractivity contribution < 1.29 is 9.13 Å². The minimum Gasteiger partial charge on any atom is -0.377 e. The average molecular weight is 287 g/mol. The standard InChI is InChI=1S/C14H20ClFN2O/c1-18(9-11-3-2-6-19-11)14(8-17)12-5-4-10(15)7-13(12)16/h4-5,7,11,14H,2-3,6,8-9,17H2,1H3. The van der Waals surface area contributed by atoms with Gasteiger partial charge < -0.3 is 10.5 Å². The highest BCUT2D eigenvalue weighted by atomic mass is 35.5. The summed E-state index contributed by atoms with van der Waals surface area (Å²) < 4.78 is 19.6. The molecule has 1 fully saturated rings. The molecule has 106 valence electrons.